The van der Waals surface area contributed by atoms with E-state index in [1.807, 2.05) is 18.2 Å². The van der Waals surface area contributed by atoms with E-state index in [9.17, 15) is 4.39 Å². The molecule has 0 unspecified atom stereocenters. The summed E-state index contributed by atoms with van der Waals surface area (Å²) in [6, 6.07) is 13.1. The maximum absolute atomic E-state index is 13.7. The number of aliphatic imine (C=N–C) groups is 1. The van der Waals surface area contributed by atoms with Crippen molar-refractivity contribution >= 4 is 5.96 Å². The summed E-state index contributed by atoms with van der Waals surface area (Å²) < 4.78 is 24.5. The molecule has 0 fully saturated rings. The van der Waals surface area contributed by atoms with Gasteiger partial charge in [0.15, 0.2) is 12.8 Å². The third kappa shape index (κ3) is 4.70. The number of halogens is 1. The highest BCUT2D eigenvalue weighted by atomic mass is 19.1. The molecule has 0 saturated carbocycles. The van der Waals surface area contributed by atoms with Gasteiger partial charge in [0.25, 0.3) is 0 Å². The number of nitrogens with one attached hydrogen (secondary N) is 2. The molecule has 6 heteroatoms. The zero-order valence-corrected chi connectivity index (χ0v) is 14.2. The molecule has 1 aliphatic rings. The van der Waals surface area contributed by atoms with Crippen molar-refractivity contribution < 1.29 is 13.9 Å². The number of nitrogens with zero attached hydrogens (tertiary/aromatic N) is 1. The van der Waals surface area contributed by atoms with Crippen LogP contribution >= 0.6 is 0 Å². The fourth-order valence-electron chi connectivity index (χ4n) is 2.76. The predicted octanol–water partition coefficient (Wildman–Crippen LogP) is 2.60. The first-order valence-corrected chi connectivity index (χ1v) is 8.26. The van der Waals surface area contributed by atoms with Gasteiger partial charge in [0.2, 0.25) is 0 Å². The monoisotopic (exact) mass is 343 g/mol. The van der Waals surface area contributed by atoms with Crippen LogP contribution in [0.5, 0.6) is 5.75 Å². The van der Waals surface area contributed by atoms with Crippen molar-refractivity contribution in [1.29, 1.82) is 0 Å². The van der Waals surface area contributed by atoms with E-state index in [1.54, 1.807) is 7.05 Å². The Labute approximate surface area is 146 Å². The second-order valence-electron chi connectivity index (χ2n) is 5.75. The van der Waals surface area contributed by atoms with Crippen molar-refractivity contribution in [3.63, 3.8) is 0 Å². The normalized spacial score (nSPS) is 13.8. The number of hydrogen-bond acceptors (Lipinski definition) is 3. The van der Waals surface area contributed by atoms with E-state index in [0.717, 1.165) is 16.9 Å². The molecule has 2 aromatic carbocycles. The molecule has 1 heterocycles. The van der Waals surface area contributed by atoms with Gasteiger partial charge in [-0.2, -0.15) is 0 Å². The first-order chi connectivity index (χ1) is 12.3. The van der Waals surface area contributed by atoms with E-state index in [-0.39, 0.29) is 12.6 Å². The summed E-state index contributed by atoms with van der Waals surface area (Å²) in [6.07, 6.45) is 0.631. The van der Waals surface area contributed by atoms with Crippen LogP contribution in [0, 0.1) is 5.82 Å². The van der Waals surface area contributed by atoms with Gasteiger partial charge in [-0.25, -0.2) is 4.39 Å². The summed E-state index contributed by atoms with van der Waals surface area (Å²) in [7, 11) is 1.73. The second kappa shape index (κ2) is 8.48. The van der Waals surface area contributed by atoms with Crippen LogP contribution in [0.25, 0.3) is 0 Å². The van der Waals surface area contributed by atoms with Gasteiger partial charge in [-0.15, -0.1) is 0 Å². The molecule has 0 spiro atoms. The van der Waals surface area contributed by atoms with Crippen LogP contribution in [0.3, 0.4) is 0 Å². The van der Waals surface area contributed by atoms with Gasteiger partial charge in [0.05, 0.1) is 6.61 Å². The van der Waals surface area contributed by atoms with E-state index in [0.29, 0.717) is 32.1 Å². The summed E-state index contributed by atoms with van der Waals surface area (Å²) in [5.41, 5.74) is 2.77. The molecule has 3 rings (SSSR count). The third-order valence-corrected chi connectivity index (χ3v) is 3.96. The van der Waals surface area contributed by atoms with Crippen LogP contribution in [0.1, 0.15) is 16.7 Å². The van der Waals surface area contributed by atoms with E-state index in [4.69, 9.17) is 9.47 Å². The number of hydrogen-bond donors (Lipinski definition) is 2. The quantitative estimate of drug-likeness (QED) is 0.647. The van der Waals surface area contributed by atoms with E-state index in [2.05, 4.69) is 27.8 Å². The minimum atomic E-state index is -0.269. The summed E-state index contributed by atoms with van der Waals surface area (Å²) in [4.78, 5) is 4.21. The standard InChI is InChI=1S/C19H22FN3O2/c1-21-19(23-11-14-5-3-2-4-6-14)22-8-7-15-9-17(20)10-16-12-24-13-25-18(15)16/h2-6,9-10H,7-8,11-13H2,1H3,(H2,21,22,23). The van der Waals surface area contributed by atoms with Crippen molar-refractivity contribution in [2.45, 2.75) is 19.6 Å². The summed E-state index contributed by atoms with van der Waals surface area (Å²) in [5.74, 6) is 1.18. The Balaban J connectivity index is 1.54. The largest absolute Gasteiger partial charge is 0.467 e. The van der Waals surface area contributed by atoms with Crippen LogP contribution in [0.2, 0.25) is 0 Å². The molecule has 25 heavy (non-hydrogen) atoms. The highest BCUT2D eigenvalue weighted by Crippen LogP contribution is 2.29. The summed E-state index contributed by atoms with van der Waals surface area (Å²) >= 11 is 0. The van der Waals surface area contributed by atoms with Gasteiger partial charge in [0, 0.05) is 25.7 Å². The van der Waals surface area contributed by atoms with Crippen molar-refractivity contribution in [1.82, 2.24) is 10.6 Å². The second-order valence-corrected chi connectivity index (χ2v) is 5.75. The molecule has 0 atom stereocenters. The zero-order valence-electron chi connectivity index (χ0n) is 14.2. The maximum atomic E-state index is 13.7. The molecule has 5 nitrogen and oxygen atoms in total. The fourth-order valence-corrected chi connectivity index (χ4v) is 2.76. The Morgan fingerprint density at radius 3 is 2.84 bits per heavy atom. The van der Waals surface area contributed by atoms with Gasteiger partial charge in [-0.05, 0) is 29.7 Å². The van der Waals surface area contributed by atoms with Gasteiger partial charge in [-0.1, -0.05) is 30.3 Å². The number of guanidine groups is 1. The van der Waals surface area contributed by atoms with Gasteiger partial charge in [-0.3, -0.25) is 4.99 Å². The Kier molecular flexibility index (Phi) is 5.85. The van der Waals surface area contributed by atoms with Gasteiger partial charge in [0.1, 0.15) is 11.6 Å². The predicted molar refractivity (Wildman–Crippen MR) is 95.0 cm³/mol. The molecule has 2 aromatic rings. The van der Waals surface area contributed by atoms with Crippen molar-refractivity contribution in [3.8, 4) is 5.75 Å². The van der Waals surface area contributed by atoms with E-state index >= 15 is 0 Å². The lowest BCUT2D eigenvalue weighted by Gasteiger charge is -2.21. The topological polar surface area (TPSA) is 54.9 Å². The lowest BCUT2D eigenvalue weighted by Crippen LogP contribution is -2.37. The molecule has 132 valence electrons. The minimum Gasteiger partial charge on any atom is -0.467 e. The van der Waals surface area contributed by atoms with E-state index < -0.39 is 0 Å². The van der Waals surface area contributed by atoms with Crippen molar-refractivity contribution in [3.05, 3.63) is 65.0 Å². The number of ether oxygens (including phenoxy) is 2. The average molecular weight is 343 g/mol. The molecule has 0 saturated heterocycles. The minimum absolute atomic E-state index is 0.208. The van der Waals surface area contributed by atoms with Crippen LogP contribution in [-0.4, -0.2) is 26.3 Å². The lowest BCUT2D eigenvalue weighted by atomic mass is 10.1. The van der Waals surface area contributed by atoms with Crippen LogP contribution in [0.4, 0.5) is 4.39 Å². The maximum Gasteiger partial charge on any atom is 0.191 e. The Morgan fingerprint density at radius 1 is 1.20 bits per heavy atom. The first-order valence-electron chi connectivity index (χ1n) is 8.26. The number of rotatable bonds is 5. The molecule has 0 radical (unpaired) electrons. The molecular formula is C19H22FN3O2. The van der Waals surface area contributed by atoms with Crippen LogP contribution in [0.15, 0.2) is 47.5 Å². The summed E-state index contributed by atoms with van der Waals surface area (Å²) in [6.45, 7) is 1.90. The van der Waals surface area contributed by atoms with Crippen LogP contribution < -0.4 is 15.4 Å². The van der Waals surface area contributed by atoms with Gasteiger partial charge >= 0.3 is 0 Å². The highest BCUT2D eigenvalue weighted by molar-refractivity contribution is 5.79. The Morgan fingerprint density at radius 2 is 2.04 bits per heavy atom. The molecule has 0 aliphatic carbocycles. The zero-order chi connectivity index (χ0) is 17.5. The third-order valence-electron chi connectivity index (χ3n) is 3.96. The molecule has 0 aromatic heterocycles. The smallest absolute Gasteiger partial charge is 0.191 e. The highest BCUT2D eigenvalue weighted by Gasteiger charge is 2.16. The van der Waals surface area contributed by atoms with Crippen molar-refractivity contribution in [2.75, 3.05) is 20.4 Å². The Hall–Kier alpha value is -2.60. The van der Waals surface area contributed by atoms with Gasteiger partial charge < -0.3 is 20.1 Å². The molecular weight excluding hydrogens is 321 g/mol. The van der Waals surface area contributed by atoms with E-state index in [1.165, 1.54) is 17.7 Å². The first kappa shape index (κ1) is 17.2. The van der Waals surface area contributed by atoms with Crippen molar-refractivity contribution in [2.24, 2.45) is 4.99 Å². The lowest BCUT2D eigenvalue weighted by molar-refractivity contribution is -0.0172. The number of fused-ring (bicyclic) bond motifs is 1. The Bertz CT molecular complexity index is 735. The SMILES string of the molecule is CN=C(NCCc1cc(F)cc2c1OCOC2)NCc1ccccc1. The molecule has 2 N–H and O–H groups in total. The molecule has 1 aliphatic heterocycles. The molecule has 0 bridgehead atoms. The molecule has 0 amide bonds. The average Bonchev–Trinajstić information content (AvgIpc) is 2.65. The fraction of sp³-hybridized carbons (Fsp3) is 0.316. The van der Waals surface area contributed by atoms with Crippen LogP contribution in [-0.2, 0) is 24.3 Å². The summed E-state index contributed by atoms with van der Waals surface area (Å²) in [5, 5.41) is 6.50. The number of benzene rings is 2.